The van der Waals surface area contributed by atoms with Crippen LogP contribution >= 0.6 is 0 Å². The second kappa shape index (κ2) is 4.67. The maximum atomic E-state index is 12.5. The summed E-state index contributed by atoms with van der Waals surface area (Å²) in [7, 11) is 0. The lowest BCUT2D eigenvalue weighted by Gasteiger charge is -2.25. The van der Waals surface area contributed by atoms with Gasteiger partial charge in [0.2, 0.25) is 0 Å². The second-order valence-corrected chi connectivity index (χ2v) is 6.34. The SMILES string of the molecule is CC(C)c1ccn(C(C)(C)C)c(=O)c1C(C)C. The predicted molar refractivity (Wildman–Crippen MR) is 73.9 cm³/mol. The molecule has 0 aliphatic carbocycles. The summed E-state index contributed by atoms with van der Waals surface area (Å²) in [5.41, 5.74) is 2.16. The maximum Gasteiger partial charge on any atom is 0.254 e. The Balaban J connectivity index is 3.56. The largest absolute Gasteiger partial charge is 0.310 e. The predicted octanol–water partition coefficient (Wildman–Crippen LogP) is 3.85. The van der Waals surface area contributed by atoms with Crippen LogP contribution in [0.15, 0.2) is 17.1 Å². The number of hydrogen-bond acceptors (Lipinski definition) is 1. The molecule has 0 amide bonds. The molecule has 1 aromatic rings. The summed E-state index contributed by atoms with van der Waals surface area (Å²) in [4.78, 5) is 12.5. The van der Waals surface area contributed by atoms with Crippen molar-refractivity contribution >= 4 is 0 Å². The Morgan fingerprint density at radius 1 is 1.06 bits per heavy atom. The molecule has 0 unspecified atom stereocenters. The van der Waals surface area contributed by atoms with Gasteiger partial charge in [0.15, 0.2) is 0 Å². The highest BCUT2D eigenvalue weighted by Gasteiger charge is 2.20. The van der Waals surface area contributed by atoms with Crippen LogP contribution in [-0.4, -0.2) is 4.57 Å². The van der Waals surface area contributed by atoms with Gasteiger partial charge in [-0.05, 0) is 44.2 Å². The molecule has 1 aromatic heterocycles. The lowest BCUT2D eigenvalue weighted by molar-refractivity contribution is 0.380. The number of nitrogens with zero attached hydrogens (tertiary/aromatic N) is 1. The maximum absolute atomic E-state index is 12.5. The van der Waals surface area contributed by atoms with Crippen molar-refractivity contribution in [3.63, 3.8) is 0 Å². The van der Waals surface area contributed by atoms with E-state index in [0.29, 0.717) is 5.92 Å². The summed E-state index contributed by atoms with van der Waals surface area (Å²) in [6.45, 7) is 14.7. The molecule has 0 bridgehead atoms. The summed E-state index contributed by atoms with van der Waals surface area (Å²) in [5.74, 6) is 0.671. The molecule has 17 heavy (non-hydrogen) atoms. The molecule has 1 rings (SSSR count). The van der Waals surface area contributed by atoms with Gasteiger partial charge in [-0.3, -0.25) is 4.79 Å². The van der Waals surface area contributed by atoms with Crippen molar-refractivity contribution in [1.82, 2.24) is 4.57 Å². The number of aromatic nitrogens is 1. The zero-order valence-corrected chi connectivity index (χ0v) is 12.2. The average Bonchev–Trinajstić information content (AvgIpc) is 2.13. The first-order valence-corrected chi connectivity index (χ1v) is 6.42. The van der Waals surface area contributed by atoms with Crippen LogP contribution in [0.5, 0.6) is 0 Å². The van der Waals surface area contributed by atoms with E-state index < -0.39 is 0 Å². The van der Waals surface area contributed by atoms with E-state index in [9.17, 15) is 4.79 Å². The van der Waals surface area contributed by atoms with Gasteiger partial charge >= 0.3 is 0 Å². The Bertz CT molecular complexity index is 447. The second-order valence-electron chi connectivity index (χ2n) is 6.34. The molecular weight excluding hydrogens is 210 g/mol. The first-order chi connectivity index (χ1) is 7.66. The third kappa shape index (κ3) is 2.80. The van der Waals surface area contributed by atoms with Gasteiger partial charge in [0.1, 0.15) is 0 Å². The molecule has 0 aromatic carbocycles. The van der Waals surface area contributed by atoms with E-state index in [2.05, 4.69) is 54.5 Å². The van der Waals surface area contributed by atoms with Gasteiger partial charge in [0.05, 0.1) is 0 Å². The van der Waals surface area contributed by atoms with Gasteiger partial charge < -0.3 is 4.57 Å². The van der Waals surface area contributed by atoms with Crippen LogP contribution in [0.4, 0.5) is 0 Å². The van der Waals surface area contributed by atoms with Crippen molar-refractivity contribution in [2.45, 2.75) is 65.8 Å². The van der Waals surface area contributed by atoms with Crippen molar-refractivity contribution in [3.8, 4) is 0 Å². The zero-order chi connectivity index (χ0) is 13.4. The van der Waals surface area contributed by atoms with Gasteiger partial charge in [0, 0.05) is 17.3 Å². The Labute approximate surface area is 105 Å². The quantitative estimate of drug-likeness (QED) is 0.763. The third-order valence-corrected chi connectivity index (χ3v) is 3.09. The monoisotopic (exact) mass is 235 g/mol. The molecule has 0 radical (unpaired) electrons. The topological polar surface area (TPSA) is 22.0 Å². The first kappa shape index (κ1) is 14.0. The van der Waals surface area contributed by atoms with E-state index in [4.69, 9.17) is 0 Å². The fraction of sp³-hybridized carbons (Fsp3) is 0.667. The summed E-state index contributed by atoms with van der Waals surface area (Å²) < 4.78 is 1.84. The highest BCUT2D eigenvalue weighted by Crippen LogP contribution is 2.24. The van der Waals surface area contributed by atoms with Crippen molar-refractivity contribution in [2.24, 2.45) is 0 Å². The minimum Gasteiger partial charge on any atom is -0.310 e. The summed E-state index contributed by atoms with van der Waals surface area (Å²) >= 11 is 0. The van der Waals surface area contributed by atoms with E-state index >= 15 is 0 Å². The third-order valence-electron chi connectivity index (χ3n) is 3.09. The average molecular weight is 235 g/mol. The molecular formula is C15H25NO. The molecule has 0 fully saturated rings. The molecule has 0 N–H and O–H groups in total. The lowest BCUT2D eigenvalue weighted by Crippen LogP contribution is -2.36. The van der Waals surface area contributed by atoms with Gasteiger partial charge in [-0.2, -0.15) is 0 Å². The van der Waals surface area contributed by atoms with Crippen molar-refractivity contribution in [3.05, 3.63) is 33.7 Å². The van der Waals surface area contributed by atoms with Crippen molar-refractivity contribution in [1.29, 1.82) is 0 Å². The first-order valence-electron chi connectivity index (χ1n) is 6.42. The van der Waals surface area contributed by atoms with Crippen LogP contribution < -0.4 is 5.56 Å². The number of pyridine rings is 1. The van der Waals surface area contributed by atoms with Crippen LogP contribution in [0.2, 0.25) is 0 Å². The Hall–Kier alpha value is -1.05. The van der Waals surface area contributed by atoms with Crippen LogP contribution in [0.3, 0.4) is 0 Å². The summed E-state index contributed by atoms with van der Waals surface area (Å²) in [6, 6.07) is 2.10. The normalized spacial score (nSPS) is 12.5. The van der Waals surface area contributed by atoms with Crippen LogP contribution in [0.25, 0.3) is 0 Å². The number of hydrogen-bond donors (Lipinski definition) is 0. The van der Waals surface area contributed by atoms with Crippen molar-refractivity contribution in [2.75, 3.05) is 0 Å². The lowest BCUT2D eigenvalue weighted by atomic mass is 9.91. The highest BCUT2D eigenvalue weighted by atomic mass is 16.1. The fourth-order valence-corrected chi connectivity index (χ4v) is 2.18. The molecule has 0 aliphatic rings. The van der Waals surface area contributed by atoms with Gasteiger partial charge in [-0.15, -0.1) is 0 Å². The summed E-state index contributed by atoms with van der Waals surface area (Å²) in [5, 5.41) is 0. The molecule has 0 aliphatic heterocycles. The molecule has 2 nitrogen and oxygen atoms in total. The van der Waals surface area contributed by atoms with Gasteiger partial charge in [-0.1, -0.05) is 27.7 Å². The van der Waals surface area contributed by atoms with E-state index in [0.717, 1.165) is 5.56 Å². The summed E-state index contributed by atoms with van der Waals surface area (Å²) in [6.07, 6.45) is 1.93. The Morgan fingerprint density at radius 3 is 1.94 bits per heavy atom. The van der Waals surface area contributed by atoms with E-state index in [1.54, 1.807) is 0 Å². The van der Waals surface area contributed by atoms with Crippen LogP contribution in [0.1, 0.15) is 71.4 Å². The molecule has 96 valence electrons. The molecule has 0 saturated carbocycles. The Morgan fingerprint density at radius 2 is 1.59 bits per heavy atom. The minimum absolute atomic E-state index is 0.157. The smallest absolute Gasteiger partial charge is 0.254 e. The van der Waals surface area contributed by atoms with Gasteiger partial charge in [0.25, 0.3) is 5.56 Å². The van der Waals surface area contributed by atoms with Gasteiger partial charge in [-0.25, -0.2) is 0 Å². The van der Waals surface area contributed by atoms with E-state index in [1.165, 1.54) is 5.56 Å². The minimum atomic E-state index is -0.157. The molecule has 2 heteroatoms. The standard InChI is InChI=1S/C15H25NO/c1-10(2)12-8-9-16(15(5,6)7)14(17)13(12)11(3)4/h8-11H,1-7H3. The Kier molecular flexibility index (Phi) is 3.85. The van der Waals surface area contributed by atoms with E-state index in [1.807, 2.05) is 10.8 Å². The van der Waals surface area contributed by atoms with E-state index in [-0.39, 0.29) is 17.0 Å². The molecule has 1 heterocycles. The molecule has 0 atom stereocenters. The highest BCUT2D eigenvalue weighted by molar-refractivity contribution is 5.30. The molecule has 0 saturated heterocycles. The molecule has 0 spiro atoms. The zero-order valence-electron chi connectivity index (χ0n) is 12.2. The fourth-order valence-electron chi connectivity index (χ4n) is 2.18. The van der Waals surface area contributed by atoms with Crippen LogP contribution in [-0.2, 0) is 5.54 Å². The number of rotatable bonds is 2. The van der Waals surface area contributed by atoms with Crippen LogP contribution in [0, 0.1) is 0 Å². The van der Waals surface area contributed by atoms with Crippen molar-refractivity contribution < 1.29 is 0 Å².